The van der Waals surface area contributed by atoms with Crippen molar-refractivity contribution in [3.8, 4) is 0 Å². The summed E-state index contributed by atoms with van der Waals surface area (Å²) < 4.78 is 0. The topological polar surface area (TPSA) is 124 Å². The zero-order chi connectivity index (χ0) is 10.4. The summed E-state index contributed by atoms with van der Waals surface area (Å²) in [7, 11) is 0. The Labute approximate surface area is 148 Å². The van der Waals surface area contributed by atoms with Gasteiger partial charge < -0.3 is 29.7 Å². The maximum atomic E-state index is 9.99. The van der Waals surface area contributed by atoms with Gasteiger partial charge in [0.1, 0.15) is 0 Å². The average Bonchev–Trinajstić information content (AvgIpc) is 1.80. The van der Waals surface area contributed by atoms with Crippen LogP contribution in [0.2, 0.25) is 0 Å². The van der Waals surface area contributed by atoms with Crippen molar-refractivity contribution in [2.45, 2.75) is 0 Å². The van der Waals surface area contributed by atoms with Crippen LogP contribution in [0, 0.1) is 0 Å². The third-order valence-electron chi connectivity index (χ3n) is 1.06. The molecule has 0 rings (SSSR count). The molecule has 0 heterocycles. The average molecular weight is 434 g/mol. The van der Waals surface area contributed by atoms with E-state index in [1.807, 2.05) is 0 Å². The van der Waals surface area contributed by atoms with Crippen molar-refractivity contribution in [2.75, 3.05) is 19.6 Å². The van der Waals surface area contributed by atoms with Gasteiger partial charge in [0.25, 0.3) is 0 Å². The summed E-state index contributed by atoms with van der Waals surface area (Å²) in [5, 5.41) is 30.0. The summed E-state index contributed by atoms with van der Waals surface area (Å²) in [5.74, 6) is -4.70. The maximum Gasteiger partial charge on any atom is 2.00 e. The van der Waals surface area contributed by atoms with Gasteiger partial charge >= 0.3 is 78.7 Å². The summed E-state index contributed by atoms with van der Waals surface area (Å²) in [4.78, 5) is 30.6. The number of carboxylic acid groups (broad SMARTS) is 3. The van der Waals surface area contributed by atoms with Crippen molar-refractivity contribution in [1.29, 1.82) is 0 Å². The minimum atomic E-state index is -1.57. The first-order valence-corrected chi connectivity index (χ1v) is 3.23. The zero-order valence-electron chi connectivity index (χ0n) is 8.02. The Hall–Kier alpha value is 0.928. The van der Waals surface area contributed by atoms with Gasteiger partial charge in [-0.1, -0.05) is 0 Å². The van der Waals surface area contributed by atoms with Crippen molar-refractivity contribution in [1.82, 2.24) is 4.90 Å². The molecule has 15 heavy (non-hydrogen) atoms. The fourth-order valence-corrected chi connectivity index (χ4v) is 0.715. The van der Waals surface area contributed by atoms with E-state index < -0.39 is 37.5 Å². The van der Waals surface area contributed by atoms with Gasteiger partial charge in [-0.25, -0.2) is 0 Å². The van der Waals surface area contributed by atoms with E-state index in [0.29, 0.717) is 4.90 Å². The Balaban J connectivity index is -0.000000720. The molecule has 0 aromatic heterocycles. The minimum absolute atomic E-state index is 0. The van der Waals surface area contributed by atoms with E-state index in [2.05, 4.69) is 0 Å². The van der Waals surface area contributed by atoms with Crippen LogP contribution in [-0.2, 0) is 14.4 Å². The second kappa shape index (κ2) is 11.4. The molecule has 0 N–H and O–H groups in total. The Morgan fingerprint density at radius 3 is 1.13 bits per heavy atom. The van der Waals surface area contributed by atoms with Crippen LogP contribution < -0.4 is 66.7 Å². The summed E-state index contributed by atoms with van der Waals surface area (Å²) in [5.41, 5.74) is 0. The molecular formula is C6H6KNO6Pb. The number of carboxylic acids is 3. The van der Waals surface area contributed by atoms with Crippen LogP contribution in [0.4, 0.5) is 0 Å². The number of carbonyl (C=O) groups excluding carboxylic acids is 3. The van der Waals surface area contributed by atoms with Gasteiger partial charge in [-0.05, 0) is 0 Å². The molecule has 0 spiro atoms. The molecule has 0 saturated carbocycles. The summed E-state index contributed by atoms with van der Waals surface area (Å²) >= 11 is 0. The van der Waals surface area contributed by atoms with Crippen molar-refractivity contribution >= 4 is 45.2 Å². The molecule has 7 nitrogen and oxygen atoms in total. The normalized spacial score (nSPS) is 8.60. The molecule has 0 aromatic carbocycles. The summed E-state index contributed by atoms with van der Waals surface area (Å²) in [6, 6.07) is 0. The molecule has 0 amide bonds. The van der Waals surface area contributed by atoms with Crippen LogP contribution in [0.15, 0.2) is 0 Å². The Kier molecular flexibility index (Phi) is 16.2. The first-order valence-electron chi connectivity index (χ1n) is 3.23. The minimum Gasteiger partial charge on any atom is -0.549 e. The molecule has 9 heteroatoms. The second-order valence-corrected chi connectivity index (χ2v) is 2.26. The molecule has 0 bridgehead atoms. The molecule has 76 valence electrons. The van der Waals surface area contributed by atoms with Gasteiger partial charge in [-0.3, -0.25) is 4.90 Å². The molecular weight excluding hydrogens is 428 g/mol. The molecule has 0 saturated heterocycles. The van der Waals surface area contributed by atoms with Crippen LogP contribution in [0.3, 0.4) is 0 Å². The molecule has 0 aliphatic rings. The van der Waals surface area contributed by atoms with Crippen molar-refractivity contribution in [2.24, 2.45) is 0 Å². The molecule has 0 fully saturated rings. The molecule has 0 aliphatic heterocycles. The fourth-order valence-electron chi connectivity index (χ4n) is 0.715. The standard InChI is InChI=1S/C6H9NO6.K.Pb/c8-4(9)1-7(2-5(10)11)3-6(12)13;;/h1-3H2,(H,8,9)(H,10,11)(H,12,13);;/q;+1;+2/p-3. The maximum absolute atomic E-state index is 9.99. The summed E-state index contributed by atoms with van der Waals surface area (Å²) in [6.45, 7) is -2.37. The number of hydrogen-bond acceptors (Lipinski definition) is 7. The largest absolute Gasteiger partial charge is 2.00 e. The second-order valence-electron chi connectivity index (χ2n) is 2.26. The smallest absolute Gasteiger partial charge is 0.549 e. The summed E-state index contributed by atoms with van der Waals surface area (Å²) in [6.07, 6.45) is 0. The predicted octanol–water partition coefficient (Wildman–Crippen LogP) is -8.84. The zero-order valence-corrected chi connectivity index (χ0v) is 15.0. The Morgan fingerprint density at radius 2 is 1.00 bits per heavy atom. The first kappa shape index (κ1) is 21.2. The SMILES string of the molecule is O=C([O-])CN(CC(=O)[O-])CC(=O)[O-].[K+].[Pb+2]. The number of rotatable bonds is 6. The van der Waals surface area contributed by atoms with Crippen molar-refractivity contribution in [3.63, 3.8) is 0 Å². The predicted molar refractivity (Wildman–Crippen MR) is 37.2 cm³/mol. The van der Waals surface area contributed by atoms with E-state index in [0.717, 1.165) is 0 Å². The van der Waals surface area contributed by atoms with Gasteiger partial charge in [0.2, 0.25) is 0 Å². The molecule has 0 atom stereocenters. The first-order chi connectivity index (χ1) is 5.91. The monoisotopic (exact) mass is 435 g/mol. The third kappa shape index (κ3) is 14.9. The van der Waals surface area contributed by atoms with Crippen LogP contribution in [0.5, 0.6) is 0 Å². The number of aliphatic carboxylic acids is 3. The van der Waals surface area contributed by atoms with E-state index in [4.69, 9.17) is 0 Å². The molecule has 0 aromatic rings. The van der Waals surface area contributed by atoms with Crippen molar-refractivity contribution in [3.05, 3.63) is 0 Å². The van der Waals surface area contributed by atoms with Crippen molar-refractivity contribution < 1.29 is 81.1 Å². The third-order valence-corrected chi connectivity index (χ3v) is 1.06. The number of nitrogens with zero attached hydrogens (tertiary/aromatic N) is 1. The van der Waals surface area contributed by atoms with E-state index in [1.54, 1.807) is 0 Å². The van der Waals surface area contributed by atoms with Crippen LogP contribution in [-0.4, -0.2) is 69.7 Å². The molecule has 0 aliphatic carbocycles. The quantitative estimate of drug-likeness (QED) is 0.380. The Morgan fingerprint density at radius 1 is 0.800 bits per heavy atom. The van der Waals surface area contributed by atoms with Gasteiger partial charge in [0.15, 0.2) is 0 Å². The molecule has 2 radical (unpaired) electrons. The van der Waals surface area contributed by atoms with Crippen LogP contribution >= 0.6 is 0 Å². The van der Waals surface area contributed by atoms with Gasteiger partial charge in [0, 0.05) is 19.6 Å². The fraction of sp³-hybridized carbons (Fsp3) is 0.500. The van der Waals surface area contributed by atoms with Crippen LogP contribution in [0.1, 0.15) is 0 Å². The van der Waals surface area contributed by atoms with E-state index in [9.17, 15) is 29.7 Å². The van der Waals surface area contributed by atoms with Gasteiger partial charge in [-0.15, -0.1) is 0 Å². The Bertz CT molecular complexity index is 198. The van der Waals surface area contributed by atoms with Gasteiger partial charge in [0.05, 0.1) is 17.9 Å². The van der Waals surface area contributed by atoms with E-state index in [1.165, 1.54) is 0 Å². The van der Waals surface area contributed by atoms with E-state index in [-0.39, 0.29) is 78.7 Å². The number of carbonyl (C=O) groups is 3. The number of hydrogen-bond donors (Lipinski definition) is 0. The van der Waals surface area contributed by atoms with Crippen LogP contribution in [0.25, 0.3) is 0 Å². The van der Waals surface area contributed by atoms with Gasteiger partial charge in [-0.2, -0.15) is 0 Å². The molecule has 0 unspecified atom stereocenters. The van der Waals surface area contributed by atoms with E-state index >= 15 is 0 Å².